The lowest BCUT2D eigenvalue weighted by Gasteiger charge is -2.19. The summed E-state index contributed by atoms with van der Waals surface area (Å²) in [5, 5.41) is 13.1. The van der Waals surface area contributed by atoms with Crippen molar-refractivity contribution >= 4 is 21.9 Å². The quantitative estimate of drug-likeness (QED) is 0.267. The Kier molecular flexibility index (Phi) is 5.57. The number of hydrogen-bond donors (Lipinski definition) is 1. The first-order chi connectivity index (χ1) is 18.2. The van der Waals surface area contributed by atoms with Crippen molar-refractivity contribution in [2.24, 2.45) is 0 Å². The first-order valence-corrected chi connectivity index (χ1v) is 13.0. The highest BCUT2D eigenvalue weighted by molar-refractivity contribution is 6.08. The molecule has 0 unspecified atom stereocenters. The maximum atomic E-state index is 10.9. The third-order valence-corrected chi connectivity index (χ3v) is 7.27. The summed E-state index contributed by atoms with van der Waals surface area (Å²) in [7, 11) is 0. The Hall–Kier alpha value is -4.44. The van der Waals surface area contributed by atoms with Gasteiger partial charge in [0.1, 0.15) is 11.4 Å². The summed E-state index contributed by atoms with van der Waals surface area (Å²) in [6.45, 7) is 10.6. The maximum Gasteiger partial charge on any atom is 0.146 e. The molecule has 6 aromatic rings. The molecule has 0 bridgehead atoms. The topological polar surface area (TPSA) is 50.9 Å². The van der Waals surface area contributed by atoms with E-state index in [1.165, 1.54) is 5.56 Å². The van der Waals surface area contributed by atoms with Gasteiger partial charge in [0, 0.05) is 33.8 Å². The Morgan fingerprint density at radius 2 is 1.58 bits per heavy atom. The van der Waals surface area contributed by atoms with Crippen LogP contribution >= 0.6 is 0 Å². The van der Waals surface area contributed by atoms with Crippen LogP contribution in [0.5, 0.6) is 5.75 Å². The van der Waals surface area contributed by atoms with Crippen LogP contribution in [0.25, 0.3) is 50.1 Å². The fourth-order valence-corrected chi connectivity index (χ4v) is 5.27. The van der Waals surface area contributed by atoms with Crippen molar-refractivity contribution in [2.45, 2.75) is 40.0 Å². The van der Waals surface area contributed by atoms with E-state index in [0.29, 0.717) is 0 Å². The predicted molar refractivity (Wildman–Crippen MR) is 157 cm³/mol. The number of aromatic hydroxyl groups is 1. The van der Waals surface area contributed by atoms with Crippen LogP contribution < -0.4 is 0 Å². The predicted octanol–water partition coefficient (Wildman–Crippen LogP) is 8.53. The molecule has 0 radical (unpaired) electrons. The van der Waals surface area contributed by atoms with Crippen molar-refractivity contribution in [1.29, 1.82) is 0 Å². The lowest BCUT2D eigenvalue weighted by molar-refractivity contribution is 0.473. The van der Waals surface area contributed by atoms with Gasteiger partial charge in [-0.25, -0.2) is 4.98 Å². The zero-order valence-electron chi connectivity index (χ0n) is 22.4. The third-order valence-electron chi connectivity index (χ3n) is 7.27. The van der Waals surface area contributed by atoms with Crippen LogP contribution in [0, 0.1) is 13.8 Å². The molecule has 0 fully saturated rings. The summed E-state index contributed by atoms with van der Waals surface area (Å²) in [6, 6.07) is 29.3. The van der Waals surface area contributed by atoms with Gasteiger partial charge in [0.25, 0.3) is 0 Å². The Bertz CT molecular complexity index is 1840. The van der Waals surface area contributed by atoms with E-state index in [0.717, 1.165) is 61.3 Å². The Morgan fingerprint density at radius 3 is 2.39 bits per heavy atom. The van der Waals surface area contributed by atoms with Crippen molar-refractivity contribution in [2.75, 3.05) is 0 Å². The first kappa shape index (κ1) is 23.9. The van der Waals surface area contributed by atoms with E-state index in [9.17, 15) is 5.11 Å². The summed E-state index contributed by atoms with van der Waals surface area (Å²) < 4.78 is 2.21. The minimum absolute atomic E-state index is 0.0438. The lowest BCUT2D eigenvalue weighted by Crippen LogP contribution is -2.11. The van der Waals surface area contributed by atoms with Crippen molar-refractivity contribution in [3.8, 4) is 34.0 Å². The molecule has 0 aliphatic rings. The number of nitrogens with zero attached hydrogens (tertiary/aromatic N) is 3. The number of phenols is 1. The Morgan fingerprint density at radius 1 is 0.763 bits per heavy atom. The normalized spacial score (nSPS) is 11.9. The van der Waals surface area contributed by atoms with Gasteiger partial charge >= 0.3 is 0 Å². The van der Waals surface area contributed by atoms with Crippen molar-refractivity contribution < 1.29 is 5.11 Å². The standard InChI is InChI=1S/C34H31N3O/c1-21-17-22(2)32(38)28(18-21)29-14-13-27-26-11-6-7-12-31(26)37(33(27)36-29)25-10-8-9-23(19-25)30-20-24(15-16-35-30)34(3,4)5/h6-20,38H,1-5H3. The molecule has 0 atom stereocenters. The molecule has 3 aromatic carbocycles. The summed E-state index contributed by atoms with van der Waals surface area (Å²) in [5.41, 5.74) is 9.71. The molecule has 0 aliphatic heterocycles. The second-order valence-corrected chi connectivity index (χ2v) is 11.1. The Balaban J connectivity index is 1.58. The molecule has 0 aliphatic carbocycles. The minimum atomic E-state index is 0.0438. The van der Waals surface area contributed by atoms with Gasteiger partial charge in [-0.1, -0.05) is 57.2 Å². The average Bonchev–Trinajstić information content (AvgIpc) is 3.24. The number of benzene rings is 3. The summed E-state index contributed by atoms with van der Waals surface area (Å²) in [4.78, 5) is 9.84. The molecule has 38 heavy (non-hydrogen) atoms. The van der Waals surface area contributed by atoms with Crippen molar-refractivity contribution in [1.82, 2.24) is 14.5 Å². The number of pyridine rings is 2. The molecule has 4 heteroatoms. The van der Waals surface area contributed by atoms with Crippen LogP contribution in [-0.4, -0.2) is 19.6 Å². The van der Waals surface area contributed by atoms with E-state index in [4.69, 9.17) is 9.97 Å². The van der Waals surface area contributed by atoms with Crippen LogP contribution in [0.2, 0.25) is 0 Å². The van der Waals surface area contributed by atoms with E-state index in [1.807, 2.05) is 38.2 Å². The molecular weight excluding hydrogens is 466 g/mol. The van der Waals surface area contributed by atoms with Gasteiger partial charge in [-0.2, -0.15) is 0 Å². The van der Waals surface area contributed by atoms with Gasteiger partial charge in [0.05, 0.1) is 16.9 Å². The van der Waals surface area contributed by atoms with Gasteiger partial charge in [-0.15, -0.1) is 0 Å². The van der Waals surface area contributed by atoms with E-state index >= 15 is 0 Å². The molecule has 3 aromatic heterocycles. The first-order valence-electron chi connectivity index (χ1n) is 13.0. The highest BCUT2D eigenvalue weighted by Crippen LogP contribution is 2.37. The minimum Gasteiger partial charge on any atom is -0.507 e. The van der Waals surface area contributed by atoms with Crippen LogP contribution in [0.3, 0.4) is 0 Å². The molecule has 4 nitrogen and oxygen atoms in total. The number of rotatable bonds is 3. The van der Waals surface area contributed by atoms with Crippen LogP contribution in [0.4, 0.5) is 0 Å². The van der Waals surface area contributed by atoms with Gasteiger partial charge in [-0.3, -0.25) is 9.55 Å². The molecule has 188 valence electrons. The zero-order chi connectivity index (χ0) is 26.6. The van der Waals surface area contributed by atoms with E-state index < -0.39 is 0 Å². The number of phenolic OH excluding ortho intramolecular Hbond substituents is 1. The monoisotopic (exact) mass is 497 g/mol. The molecule has 1 N–H and O–H groups in total. The molecule has 0 saturated carbocycles. The fraction of sp³-hybridized carbons (Fsp3) is 0.176. The summed E-state index contributed by atoms with van der Waals surface area (Å²) in [6.07, 6.45) is 1.90. The molecule has 0 spiro atoms. The second-order valence-electron chi connectivity index (χ2n) is 11.1. The molecule has 6 rings (SSSR count). The van der Waals surface area contributed by atoms with Crippen LogP contribution in [-0.2, 0) is 5.41 Å². The van der Waals surface area contributed by atoms with Crippen molar-refractivity contribution in [3.63, 3.8) is 0 Å². The number of fused-ring (bicyclic) bond motifs is 3. The lowest BCUT2D eigenvalue weighted by atomic mass is 9.87. The highest BCUT2D eigenvalue weighted by Gasteiger charge is 2.18. The zero-order valence-corrected chi connectivity index (χ0v) is 22.4. The highest BCUT2D eigenvalue weighted by atomic mass is 16.3. The van der Waals surface area contributed by atoms with Gasteiger partial charge < -0.3 is 5.11 Å². The van der Waals surface area contributed by atoms with E-state index in [-0.39, 0.29) is 11.2 Å². The van der Waals surface area contributed by atoms with Gasteiger partial charge in [0.15, 0.2) is 0 Å². The molecule has 0 amide bonds. The smallest absolute Gasteiger partial charge is 0.146 e. The number of hydrogen-bond acceptors (Lipinski definition) is 3. The molecule has 0 saturated heterocycles. The summed E-state index contributed by atoms with van der Waals surface area (Å²) >= 11 is 0. The maximum absolute atomic E-state index is 10.9. The molecular formula is C34H31N3O. The van der Waals surface area contributed by atoms with E-state index in [2.05, 4.69) is 92.1 Å². The fourth-order valence-electron chi connectivity index (χ4n) is 5.27. The average molecular weight is 498 g/mol. The largest absolute Gasteiger partial charge is 0.507 e. The van der Waals surface area contributed by atoms with Crippen molar-refractivity contribution in [3.05, 3.63) is 108 Å². The molecule has 3 heterocycles. The number of para-hydroxylation sites is 1. The van der Waals surface area contributed by atoms with Crippen LogP contribution in [0.1, 0.15) is 37.5 Å². The van der Waals surface area contributed by atoms with Crippen LogP contribution in [0.15, 0.2) is 91.1 Å². The van der Waals surface area contributed by atoms with Gasteiger partial charge in [0.2, 0.25) is 0 Å². The third kappa shape index (κ3) is 4.03. The van der Waals surface area contributed by atoms with Gasteiger partial charge in [-0.05, 0) is 84.5 Å². The summed E-state index contributed by atoms with van der Waals surface area (Å²) in [5.74, 6) is 0.275. The number of aryl methyl sites for hydroxylation is 2. The Labute approximate surface area is 223 Å². The van der Waals surface area contributed by atoms with E-state index in [1.54, 1.807) is 0 Å². The number of aromatic nitrogens is 3. The SMILES string of the molecule is Cc1cc(C)c(O)c(-c2ccc3c4ccccc4n(-c4cccc(-c5cc(C(C)(C)C)ccn5)c4)c3n2)c1. The second kappa shape index (κ2) is 8.84.